The number of nitrogens with one attached hydrogen (secondary N) is 1. The van der Waals surface area contributed by atoms with Gasteiger partial charge < -0.3 is 10.1 Å². The predicted octanol–water partition coefficient (Wildman–Crippen LogP) is 4.35. The molecular weight excluding hydrogens is 359 g/mol. The highest BCUT2D eigenvalue weighted by Gasteiger charge is 2.34. The number of alkyl halides is 3. The monoisotopic (exact) mass is 379 g/mol. The van der Waals surface area contributed by atoms with Gasteiger partial charge in [-0.15, -0.1) is 0 Å². The van der Waals surface area contributed by atoms with Crippen molar-refractivity contribution in [3.05, 3.63) is 47.9 Å². The number of benzene rings is 1. The fraction of sp³-hybridized carbons (Fsp3) is 0.389. The van der Waals surface area contributed by atoms with E-state index < -0.39 is 11.9 Å². The van der Waals surface area contributed by atoms with Gasteiger partial charge in [-0.2, -0.15) is 27.8 Å². The van der Waals surface area contributed by atoms with Crippen molar-refractivity contribution in [3.8, 4) is 5.75 Å². The van der Waals surface area contributed by atoms with Crippen LogP contribution in [0.25, 0.3) is 5.78 Å². The molecule has 2 heterocycles. The number of fused-ring (bicyclic) bond motifs is 1. The number of rotatable bonds is 6. The van der Waals surface area contributed by atoms with Gasteiger partial charge >= 0.3 is 6.18 Å². The molecule has 144 valence electrons. The molecule has 0 saturated carbocycles. The zero-order chi connectivity index (χ0) is 19.6. The van der Waals surface area contributed by atoms with Gasteiger partial charge in [0.2, 0.25) is 0 Å². The van der Waals surface area contributed by atoms with Crippen LogP contribution in [0, 0.1) is 5.92 Å². The molecule has 0 fully saturated rings. The average molecular weight is 379 g/mol. The Morgan fingerprint density at radius 2 is 1.96 bits per heavy atom. The second kappa shape index (κ2) is 7.42. The Morgan fingerprint density at radius 1 is 1.22 bits per heavy atom. The molecule has 0 bridgehead atoms. The summed E-state index contributed by atoms with van der Waals surface area (Å²) >= 11 is 0. The van der Waals surface area contributed by atoms with Gasteiger partial charge in [-0.05, 0) is 18.4 Å². The van der Waals surface area contributed by atoms with Gasteiger partial charge in [0.25, 0.3) is 5.78 Å². The summed E-state index contributed by atoms with van der Waals surface area (Å²) in [6.07, 6.45) is -2.73. The van der Waals surface area contributed by atoms with Crippen molar-refractivity contribution in [2.75, 3.05) is 12.4 Å². The van der Waals surface area contributed by atoms with Crippen LogP contribution in [0.1, 0.15) is 37.6 Å². The first kappa shape index (κ1) is 18.9. The quantitative estimate of drug-likeness (QED) is 0.690. The van der Waals surface area contributed by atoms with Crippen LogP contribution in [-0.4, -0.2) is 26.7 Å². The van der Waals surface area contributed by atoms with E-state index >= 15 is 0 Å². The number of para-hydroxylation sites is 1. The Hall–Kier alpha value is -2.84. The van der Waals surface area contributed by atoms with E-state index in [-0.39, 0.29) is 17.6 Å². The lowest BCUT2D eigenvalue weighted by molar-refractivity contribution is -0.141. The Balaban J connectivity index is 2.07. The lowest BCUT2D eigenvalue weighted by Gasteiger charge is -2.24. The lowest BCUT2D eigenvalue weighted by Crippen LogP contribution is -2.18. The maximum Gasteiger partial charge on any atom is 0.433 e. The Labute approximate surface area is 154 Å². The molecule has 3 rings (SSSR count). The molecule has 27 heavy (non-hydrogen) atoms. The van der Waals surface area contributed by atoms with Crippen LogP contribution in [0.2, 0.25) is 0 Å². The summed E-state index contributed by atoms with van der Waals surface area (Å²) in [5.74, 6) is 1.01. The summed E-state index contributed by atoms with van der Waals surface area (Å²) < 4.78 is 46.4. The van der Waals surface area contributed by atoms with E-state index in [1.807, 2.05) is 38.1 Å². The first-order valence-corrected chi connectivity index (χ1v) is 8.47. The number of halogens is 3. The molecule has 0 amide bonds. The molecule has 0 radical (unpaired) electrons. The second-order valence-electron chi connectivity index (χ2n) is 6.56. The van der Waals surface area contributed by atoms with Gasteiger partial charge in [0, 0.05) is 11.6 Å². The van der Waals surface area contributed by atoms with Gasteiger partial charge in [0.05, 0.1) is 13.2 Å². The first-order valence-electron chi connectivity index (χ1n) is 8.47. The van der Waals surface area contributed by atoms with Crippen molar-refractivity contribution in [1.82, 2.24) is 19.6 Å². The van der Waals surface area contributed by atoms with Crippen molar-refractivity contribution < 1.29 is 17.9 Å². The molecule has 1 atom stereocenters. The molecule has 9 heteroatoms. The average Bonchev–Trinajstić information content (AvgIpc) is 3.09. The molecule has 0 aliphatic carbocycles. The largest absolute Gasteiger partial charge is 0.496 e. The van der Waals surface area contributed by atoms with Crippen LogP contribution >= 0.6 is 0 Å². The SMILES string of the molecule is COc1ccccc1C(CC(C)C)Nc1cc(C(F)(F)F)nc2ncnn12. The van der Waals surface area contributed by atoms with E-state index in [0.29, 0.717) is 18.1 Å². The van der Waals surface area contributed by atoms with Crippen molar-refractivity contribution in [1.29, 1.82) is 0 Å². The fourth-order valence-electron chi connectivity index (χ4n) is 2.93. The van der Waals surface area contributed by atoms with Gasteiger partial charge in [0.1, 0.15) is 17.9 Å². The number of nitrogens with zero attached hydrogens (tertiary/aromatic N) is 4. The Morgan fingerprint density at radius 3 is 2.63 bits per heavy atom. The maximum atomic E-state index is 13.2. The fourth-order valence-corrected chi connectivity index (χ4v) is 2.93. The molecule has 6 nitrogen and oxygen atoms in total. The molecule has 1 aromatic carbocycles. The molecule has 0 aliphatic heterocycles. The van der Waals surface area contributed by atoms with Crippen LogP contribution in [0.3, 0.4) is 0 Å². The Bertz CT molecular complexity index is 923. The standard InChI is InChI=1S/C18H20F3N5O/c1-11(2)8-13(12-6-4-5-7-14(12)27-3)24-16-9-15(18(19,20)21)25-17-22-10-23-26(16)17/h4-7,9-11,13,24H,8H2,1-3H3. The second-order valence-corrected chi connectivity index (χ2v) is 6.56. The molecule has 1 unspecified atom stereocenters. The summed E-state index contributed by atoms with van der Waals surface area (Å²) in [7, 11) is 1.56. The van der Waals surface area contributed by atoms with Gasteiger partial charge in [-0.3, -0.25) is 0 Å². The third kappa shape index (κ3) is 4.12. The number of hydrogen-bond donors (Lipinski definition) is 1. The van der Waals surface area contributed by atoms with Crippen molar-refractivity contribution in [2.24, 2.45) is 5.92 Å². The zero-order valence-electron chi connectivity index (χ0n) is 15.2. The van der Waals surface area contributed by atoms with E-state index in [4.69, 9.17) is 4.74 Å². The molecular formula is C18H20F3N5O. The molecule has 1 N–H and O–H groups in total. The number of aromatic nitrogens is 4. The minimum atomic E-state index is -4.58. The normalized spacial score (nSPS) is 13.1. The van der Waals surface area contributed by atoms with Crippen LogP contribution in [0.4, 0.5) is 19.0 Å². The Kier molecular flexibility index (Phi) is 5.20. The van der Waals surface area contributed by atoms with Crippen molar-refractivity contribution in [2.45, 2.75) is 32.5 Å². The number of ether oxygens (including phenoxy) is 1. The van der Waals surface area contributed by atoms with E-state index in [0.717, 1.165) is 11.6 Å². The highest BCUT2D eigenvalue weighted by Crippen LogP contribution is 2.34. The topological polar surface area (TPSA) is 64.3 Å². The summed E-state index contributed by atoms with van der Waals surface area (Å²) in [5, 5.41) is 7.18. The zero-order valence-corrected chi connectivity index (χ0v) is 15.2. The third-order valence-electron chi connectivity index (χ3n) is 4.09. The molecule has 2 aromatic heterocycles. The number of hydrogen-bond acceptors (Lipinski definition) is 5. The highest BCUT2D eigenvalue weighted by atomic mass is 19.4. The number of methoxy groups -OCH3 is 1. The van der Waals surface area contributed by atoms with E-state index in [9.17, 15) is 13.2 Å². The van der Waals surface area contributed by atoms with Crippen LogP contribution < -0.4 is 10.1 Å². The third-order valence-corrected chi connectivity index (χ3v) is 4.09. The van der Waals surface area contributed by atoms with Crippen LogP contribution in [0.5, 0.6) is 5.75 Å². The number of anilines is 1. The predicted molar refractivity (Wildman–Crippen MR) is 94.6 cm³/mol. The summed E-state index contributed by atoms with van der Waals surface area (Å²) in [4.78, 5) is 7.35. The molecule has 0 spiro atoms. The maximum absolute atomic E-state index is 13.2. The van der Waals surface area contributed by atoms with Gasteiger partial charge in [-0.1, -0.05) is 32.0 Å². The van der Waals surface area contributed by atoms with Crippen LogP contribution in [0.15, 0.2) is 36.7 Å². The smallest absolute Gasteiger partial charge is 0.433 e. The molecule has 3 aromatic rings. The summed E-state index contributed by atoms with van der Waals surface area (Å²) in [6, 6.07) is 8.10. The van der Waals surface area contributed by atoms with E-state index in [2.05, 4.69) is 20.4 Å². The van der Waals surface area contributed by atoms with Crippen molar-refractivity contribution in [3.63, 3.8) is 0 Å². The van der Waals surface area contributed by atoms with Gasteiger partial charge in [-0.25, -0.2) is 4.98 Å². The molecule has 0 saturated heterocycles. The summed E-state index contributed by atoms with van der Waals surface area (Å²) in [6.45, 7) is 4.09. The van der Waals surface area contributed by atoms with E-state index in [1.54, 1.807) is 7.11 Å². The molecule has 0 aliphatic rings. The van der Waals surface area contributed by atoms with E-state index in [1.165, 1.54) is 10.8 Å². The van der Waals surface area contributed by atoms with Crippen LogP contribution in [-0.2, 0) is 6.18 Å². The van der Waals surface area contributed by atoms with Crippen molar-refractivity contribution >= 4 is 11.6 Å². The first-order chi connectivity index (χ1) is 12.8. The van der Waals surface area contributed by atoms with Gasteiger partial charge in [0.15, 0.2) is 5.69 Å². The minimum Gasteiger partial charge on any atom is -0.496 e. The minimum absolute atomic E-state index is 0.115. The highest BCUT2D eigenvalue weighted by molar-refractivity contribution is 5.49. The lowest BCUT2D eigenvalue weighted by atomic mass is 9.96. The summed E-state index contributed by atoms with van der Waals surface area (Å²) in [5.41, 5.74) is -0.166.